The van der Waals surface area contributed by atoms with Gasteiger partial charge in [-0.1, -0.05) is 6.07 Å². The number of methoxy groups -OCH3 is 1. The Morgan fingerprint density at radius 1 is 1.15 bits per heavy atom. The summed E-state index contributed by atoms with van der Waals surface area (Å²) in [6, 6.07) is 6.39. The lowest BCUT2D eigenvalue weighted by Crippen LogP contribution is -3.06. The molecule has 4 saturated carbocycles. The molecule has 0 spiro atoms. The number of nitrogens with one attached hydrogen (secondary N) is 2. The molecule has 4 aliphatic carbocycles. The molecule has 142 valence electrons. The third kappa shape index (κ3) is 3.24. The number of hydrogen-bond acceptors (Lipinski definition) is 2. The third-order valence-corrected chi connectivity index (χ3v) is 7.01. The highest BCUT2D eigenvalue weighted by Crippen LogP contribution is 2.60. The number of ether oxygens (including phenoxy) is 1. The lowest BCUT2D eigenvalue weighted by molar-refractivity contribution is -0.856. The first-order chi connectivity index (χ1) is 12.5. The summed E-state index contributed by atoms with van der Waals surface area (Å²) in [6.07, 6.45) is 8.27. The Kier molecular flexibility index (Phi) is 4.72. The van der Waals surface area contributed by atoms with Crippen LogP contribution < -0.4 is 15.0 Å². The molecular weight excluding hydrogens is 324 g/mol. The van der Waals surface area contributed by atoms with Crippen molar-refractivity contribution < 1.29 is 14.4 Å². The highest BCUT2D eigenvalue weighted by molar-refractivity contribution is 5.97. The molecule has 0 atom stereocenters. The van der Waals surface area contributed by atoms with Crippen LogP contribution in [0.1, 0.15) is 54.4 Å². The van der Waals surface area contributed by atoms with Crippen molar-refractivity contribution in [2.24, 2.45) is 17.8 Å². The fraction of sp³-hybridized carbons (Fsp3) is 0.682. The summed E-state index contributed by atoms with van der Waals surface area (Å²) < 4.78 is 5.50. The van der Waals surface area contributed by atoms with Gasteiger partial charge < -0.3 is 15.0 Å². The molecule has 0 aliphatic heterocycles. The molecule has 5 rings (SSSR count). The van der Waals surface area contributed by atoms with E-state index in [1.54, 1.807) is 7.11 Å². The van der Waals surface area contributed by atoms with Gasteiger partial charge in [0.15, 0.2) is 0 Å². The van der Waals surface area contributed by atoms with Gasteiger partial charge in [-0.15, -0.1) is 0 Å². The average molecular weight is 358 g/mol. The molecule has 0 aromatic heterocycles. The second-order valence-corrected chi connectivity index (χ2v) is 9.33. The SMILES string of the molecule is COc1ccc(C23CC4CC(CC(C4)C2)C3)cc1C(=O)NCC[NH+](C)C. The van der Waals surface area contributed by atoms with Crippen LogP contribution in [-0.2, 0) is 5.41 Å². The Balaban J connectivity index is 1.59. The summed E-state index contributed by atoms with van der Waals surface area (Å²) in [7, 11) is 5.85. The average Bonchev–Trinajstić information content (AvgIpc) is 2.59. The third-order valence-electron chi connectivity index (χ3n) is 7.01. The summed E-state index contributed by atoms with van der Waals surface area (Å²) in [6.45, 7) is 1.61. The van der Waals surface area contributed by atoms with Gasteiger partial charge in [0.25, 0.3) is 5.91 Å². The zero-order chi connectivity index (χ0) is 18.3. The molecular formula is C22H33N2O2+. The van der Waals surface area contributed by atoms with Crippen molar-refractivity contribution in [3.8, 4) is 5.75 Å². The molecule has 4 heteroatoms. The molecule has 4 bridgehead atoms. The highest BCUT2D eigenvalue weighted by Gasteiger charge is 2.51. The fourth-order valence-corrected chi connectivity index (χ4v) is 6.20. The Morgan fingerprint density at radius 2 is 1.77 bits per heavy atom. The van der Waals surface area contributed by atoms with E-state index in [1.807, 2.05) is 6.07 Å². The minimum absolute atomic E-state index is 0.00493. The van der Waals surface area contributed by atoms with Crippen molar-refractivity contribution in [3.05, 3.63) is 29.3 Å². The van der Waals surface area contributed by atoms with Crippen molar-refractivity contribution in [1.29, 1.82) is 0 Å². The van der Waals surface area contributed by atoms with Gasteiger partial charge in [0.05, 0.1) is 39.9 Å². The van der Waals surface area contributed by atoms with E-state index in [-0.39, 0.29) is 5.91 Å². The number of quaternary nitrogens is 1. The van der Waals surface area contributed by atoms with E-state index in [0.717, 1.165) is 24.3 Å². The summed E-state index contributed by atoms with van der Waals surface area (Å²) in [5, 5.41) is 3.07. The molecule has 1 aromatic rings. The minimum atomic E-state index is -0.00493. The van der Waals surface area contributed by atoms with Crippen molar-refractivity contribution >= 4 is 5.91 Å². The number of amides is 1. The molecule has 2 N–H and O–H groups in total. The lowest BCUT2D eigenvalue weighted by atomic mass is 9.48. The van der Waals surface area contributed by atoms with Crippen LogP contribution in [0.4, 0.5) is 0 Å². The van der Waals surface area contributed by atoms with Crippen LogP contribution in [0, 0.1) is 17.8 Å². The molecule has 4 nitrogen and oxygen atoms in total. The van der Waals surface area contributed by atoms with Gasteiger partial charge in [-0.3, -0.25) is 4.79 Å². The van der Waals surface area contributed by atoms with Crippen molar-refractivity contribution in [2.45, 2.75) is 43.9 Å². The maximum absolute atomic E-state index is 12.8. The van der Waals surface area contributed by atoms with Crippen molar-refractivity contribution in [1.82, 2.24) is 5.32 Å². The predicted molar refractivity (Wildman–Crippen MR) is 103 cm³/mol. The topological polar surface area (TPSA) is 42.8 Å². The van der Waals surface area contributed by atoms with Gasteiger partial charge in [-0.05, 0) is 79.4 Å². The molecule has 0 saturated heterocycles. The molecule has 0 radical (unpaired) electrons. The molecule has 1 aromatic carbocycles. The number of hydrogen-bond donors (Lipinski definition) is 2. The Bertz CT molecular complexity index is 647. The first-order valence-electron chi connectivity index (χ1n) is 10.2. The first kappa shape index (κ1) is 17.8. The molecule has 1 amide bonds. The van der Waals surface area contributed by atoms with Crippen LogP contribution in [0.25, 0.3) is 0 Å². The van der Waals surface area contributed by atoms with Gasteiger partial charge in [0, 0.05) is 0 Å². The number of benzene rings is 1. The minimum Gasteiger partial charge on any atom is -0.496 e. The number of carbonyl (C=O) groups is 1. The first-order valence-corrected chi connectivity index (χ1v) is 10.2. The number of rotatable bonds is 6. The maximum Gasteiger partial charge on any atom is 0.255 e. The largest absolute Gasteiger partial charge is 0.496 e. The van der Waals surface area contributed by atoms with Crippen LogP contribution in [-0.4, -0.2) is 40.2 Å². The van der Waals surface area contributed by atoms with Crippen LogP contribution >= 0.6 is 0 Å². The fourth-order valence-electron chi connectivity index (χ4n) is 6.20. The number of carbonyl (C=O) groups excluding carboxylic acids is 1. The normalized spacial score (nSPS) is 32.1. The standard InChI is InChI=1S/C22H32N2O2/c1-24(2)7-6-23-21(25)19-11-18(4-5-20(19)26-3)22-12-15-8-16(13-22)10-17(9-15)14-22/h4-5,11,15-17H,6-10,12-14H2,1-3H3,(H,23,25)/p+1. The van der Waals surface area contributed by atoms with Crippen LogP contribution in [0.2, 0.25) is 0 Å². The van der Waals surface area contributed by atoms with Crippen LogP contribution in [0.5, 0.6) is 5.75 Å². The molecule has 0 heterocycles. The smallest absolute Gasteiger partial charge is 0.255 e. The summed E-state index contributed by atoms with van der Waals surface area (Å²) >= 11 is 0. The zero-order valence-corrected chi connectivity index (χ0v) is 16.4. The summed E-state index contributed by atoms with van der Waals surface area (Å²) in [5.41, 5.74) is 2.39. The van der Waals surface area contributed by atoms with Gasteiger partial charge >= 0.3 is 0 Å². The van der Waals surface area contributed by atoms with Gasteiger partial charge in [0.2, 0.25) is 0 Å². The van der Waals surface area contributed by atoms with Crippen molar-refractivity contribution in [2.75, 3.05) is 34.3 Å². The van der Waals surface area contributed by atoms with Gasteiger partial charge in [-0.2, -0.15) is 0 Å². The lowest BCUT2D eigenvalue weighted by Gasteiger charge is -2.57. The van der Waals surface area contributed by atoms with E-state index in [4.69, 9.17) is 4.74 Å². The number of likely N-dealkylation sites (N-methyl/N-ethyl adjacent to an activating group) is 1. The Morgan fingerprint density at radius 3 is 2.31 bits per heavy atom. The monoisotopic (exact) mass is 357 g/mol. The second kappa shape index (κ2) is 6.88. The summed E-state index contributed by atoms with van der Waals surface area (Å²) in [4.78, 5) is 14.1. The Hall–Kier alpha value is -1.55. The van der Waals surface area contributed by atoms with E-state index < -0.39 is 0 Å². The maximum atomic E-state index is 12.8. The summed E-state index contributed by atoms with van der Waals surface area (Å²) in [5.74, 6) is 3.40. The van der Waals surface area contributed by atoms with E-state index >= 15 is 0 Å². The van der Waals surface area contributed by atoms with E-state index in [9.17, 15) is 4.79 Å². The zero-order valence-electron chi connectivity index (χ0n) is 16.4. The quantitative estimate of drug-likeness (QED) is 0.818. The van der Waals surface area contributed by atoms with E-state index in [2.05, 4.69) is 31.5 Å². The van der Waals surface area contributed by atoms with E-state index in [0.29, 0.717) is 23.3 Å². The van der Waals surface area contributed by atoms with E-state index in [1.165, 1.54) is 49.0 Å². The predicted octanol–water partition coefficient (Wildman–Crippen LogP) is 2.04. The van der Waals surface area contributed by atoms with Crippen molar-refractivity contribution in [3.63, 3.8) is 0 Å². The van der Waals surface area contributed by atoms with Gasteiger partial charge in [-0.25, -0.2) is 0 Å². The van der Waals surface area contributed by atoms with Crippen LogP contribution in [0.3, 0.4) is 0 Å². The molecule has 26 heavy (non-hydrogen) atoms. The molecule has 4 fully saturated rings. The van der Waals surface area contributed by atoms with Gasteiger partial charge in [0.1, 0.15) is 5.75 Å². The van der Waals surface area contributed by atoms with Crippen LogP contribution in [0.15, 0.2) is 18.2 Å². The second-order valence-electron chi connectivity index (χ2n) is 9.33. The molecule has 4 aliphatic rings. The molecule has 0 unspecified atom stereocenters. The highest BCUT2D eigenvalue weighted by atomic mass is 16.5. The Labute approximate surface area is 157 Å².